The minimum Gasteiger partial charge on any atom is -0.376 e. The molecule has 174 valence electrons. The highest BCUT2D eigenvalue weighted by Crippen LogP contribution is 2.57. The van der Waals surface area contributed by atoms with Crippen LogP contribution in [0.25, 0.3) is 44.1 Å². The molecule has 1 N–H and O–H groups in total. The lowest BCUT2D eigenvalue weighted by Gasteiger charge is -2.29. The van der Waals surface area contributed by atoms with Gasteiger partial charge in [-0.2, -0.15) is 0 Å². The number of nitrogens with zero attached hydrogens (tertiary/aromatic N) is 1. The molecule has 1 aliphatic rings. The fourth-order valence-corrected chi connectivity index (χ4v) is 7.08. The Bertz CT molecular complexity index is 1840. The van der Waals surface area contributed by atoms with E-state index in [-0.39, 0.29) is 0 Å². The Morgan fingerprint density at radius 1 is 0.694 bits per heavy atom. The number of aromatic nitrogens is 1. The van der Waals surface area contributed by atoms with Gasteiger partial charge in [0.1, 0.15) is 5.60 Å². The number of hydrogen-bond acceptors (Lipinski definition) is 1. The van der Waals surface area contributed by atoms with Crippen LogP contribution in [-0.2, 0) is 12.6 Å². The quantitative estimate of drug-likeness (QED) is 0.213. The molecule has 1 aliphatic carbocycles. The van der Waals surface area contributed by atoms with E-state index < -0.39 is 5.60 Å². The van der Waals surface area contributed by atoms with Gasteiger partial charge in [0.15, 0.2) is 0 Å². The van der Waals surface area contributed by atoms with Gasteiger partial charge in [-0.1, -0.05) is 94.8 Å². The van der Waals surface area contributed by atoms with Gasteiger partial charge in [-0.15, -0.1) is 0 Å². The summed E-state index contributed by atoms with van der Waals surface area (Å²) in [4.78, 5) is 0. The summed E-state index contributed by atoms with van der Waals surface area (Å²) in [6.45, 7) is 0. The number of aliphatic hydroxyl groups is 1. The highest BCUT2D eigenvalue weighted by Gasteiger charge is 2.46. The van der Waals surface area contributed by atoms with Crippen LogP contribution in [0.2, 0.25) is 0 Å². The summed E-state index contributed by atoms with van der Waals surface area (Å²) in [5.41, 5.74) is 7.90. The maximum absolute atomic E-state index is 12.9. The maximum atomic E-state index is 12.9. The van der Waals surface area contributed by atoms with Gasteiger partial charge in [0, 0.05) is 49.0 Å². The minimum atomic E-state index is -1.32. The average molecular weight is 595 g/mol. The van der Waals surface area contributed by atoms with Gasteiger partial charge in [0.2, 0.25) is 0 Å². The zero-order valence-corrected chi connectivity index (χ0v) is 22.6. The summed E-state index contributed by atoms with van der Waals surface area (Å²) in [5, 5.41) is 15.3. The van der Waals surface area contributed by atoms with Crippen molar-refractivity contribution in [2.75, 3.05) is 0 Å². The van der Waals surface area contributed by atoms with Crippen molar-refractivity contribution in [3.63, 3.8) is 0 Å². The summed E-state index contributed by atoms with van der Waals surface area (Å²) in [6.07, 6.45) is 0. The van der Waals surface area contributed by atoms with Gasteiger partial charge < -0.3 is 9.67 Å². The van der Waals surface area contributed by atoms with Gasteiger partial charge in [-0.3, -0.25) is 0 Å². The molecule has 6 aromatic rings. The molecule has 0 bridgehead atoms. The first-order valence-corrected chi connectivity index (χ1v) is 13.5. The Balaban J connectivity index is 1.67. The fourth-order valence-electron chi connectivity index (χ4n) is 6.03. The van der Waals surface area contributed by atoms with E-state index in [1.54, 1.807) is 0 Å². The van der Waals surface area contributed by atoms with Gasteiger partial charge in [-0.05, 0) is 62.4 Å². The van der Waals surface area contributed by atoms with Crippen LogP contribution in [0.4, 0.5) is 0 Å². The van der Waals surface area contributed by atoms with Crippen molar-refractivity contribution in [2.24, 2.45) is 7.05 Å². The Labute approximate surface area is 226 Å². The number of hydrogen-bond donors (Lipinski definition) is 1. The third-order valence-corrected chi connectivity index (χ3v) is 8.65. The maximum Gasteiger partial charge on any atom is 0.142 e. The smallest absolute Gasteiger partial charge is 0.142 e. The van der Waals surface area contributed by atoms with Crippen LogP contribution in [0.5, 0.6) is 0 Å². The first-order chi connectivity index (χ1) is 17.5. The average Bonchev–Trinajstić information content (AvgIpc) is 3.34. The molecular formula is C32H21Br2NO. The lowest BCUT2D eigenvalue weighted by molar-refractivity contribution is 0.131. The molecular weight excluding hydrogens is 574 g/mol. The van der Waals surface area contributed by atoms with Crippen LogP contribution in [-0.4, -0.2) is 9.67 Å². The van der Waals surface area contributed by atoms with Crippen LogP contribution in [0, 0.1) is 0 Å². The summed E-state index contributed by atoms with van der Waals surface area (Å²) in [5.74, 6) is 0. The molecule has 0 amide bonds. The van der Waals surface area contributed by atoms with Crippen molar-refractivity contribution < 1.29 is 5.11 Å². The Morgan fingerprint density at radius 3 is 2.25 bits per heavy atom. The fraction of sp³-hybridized carbons (Fsp3) is 0.0625. The van der Waals surface area contributed by atoms with Crippen LogP contribution in [0.1, 0.15) is 16.7 Å². The molecule has 1 atom stereocenters. The van der Waals surface area contributed by atoms with E-state index in [0.717, 1.165) is 58.8 Å². The number of fused-ring (bicyclic) bond motifs is 7. The van der Waals surface area contributed by atoms with Crippen LogP contribution in [0.15, 0.2) is 112 Å². The number of benzene rings is 5. The zero-order chi connectivity index (χ0) is 24.6. The third-order valence-electron chi connectivity index (χ3n) is 7.56. The molecule has 0 aliphatic heterocycles. The second-order valence-corrected chi connectivity index (χ2v) is 11.2. The molecule has 0 radical (unpaired) electrons. The van der Waals surface area contributed by atoms with Gasteiger partial charge >= 0.3 is 0 Å². The SMILES string of the molecule is Cn1c2ccccc2c2c3c(cc(Br)c21)C(O)(c1ccccc1-c1ccccc1)c1cc(Br)ccc1-3. The molecule has 0 fully saturated rings. The molecule has 4 heteroatoms. The molecule has 36 heavy (non-hydrogen) atoms. The van der Waals surface area contributed by atoms with Crippen molar-refractivity contribution in [1.29, 1.82) is 0 Å². The Morgan fingerprint density at radius 2 is 1.42 bits per heavy atom. The van der Waals surface area contributed by atoms with E-state index in [1.165, 1.54) is 10.9 Å². The summed E-state index contributed by atoms with van der Waals surface area (Å²) in [7, 11) is 2.11. The lowest BCUT2D eigenvalue weighted by atomic mass is 9.80. The topological polar surface area (TPSA) is 25.2 Å². The van der Waals surface area contributed by atoms with Crippen molar-refractivity contribution in [2.45, 2.75) is 5.60 Å². The van der Waals surface area contributed by atoms with E-state index in [4.69, 9.17) is 0 Å². The van der Waals surface area contributed by atoms with Crippen LogP contribution >= 0.6 is 31.9 Å². The molecule has 5 aromatic carbocycles. The molecule has 0 saturated carbocycles. The highest BCUT2D eigenvalue weighted by molar-refractivity contribution is 9.11. The van der Waals surface area contributed by atoms with E-state index >= 15 is 0 Å². The molecule has 7 rings (SSSR count). The standard InChI is InChI=1S/C32H21Br2NO/c1-35-28-14-8-6-12-23(28)30-29-22-16-15-20(33)17-25(22)32(36,26(29)18-27(34)31(30)35)24-13-7-5-11-21(24)19-9-3-2-4-10-19/h2-18,36H,1H3. The number of aryl methyl sites for hydroxylation is 1. The number of para-hydroxylation sites is 1. The predicted octanol–water partition coefficient (Wildman–Crippen LogP) is 8.79. The molecule has 0 spiro atoms. The summed E-state index contributed by atoms with van der Waals surface area (Å²) >= 11 is 7.57. The number of rotatable bonds is 2. The molecule has 0 saturated heterocycles. The minimum absolute atomic E-state index is 0.876. The number of halogens is 2. The van der Waals surface area contributed by atoms with Crippen LogP contribution < -0.4 is 0 Å². The largest absolute Gasteiger partial charge is 0.376 e. The van der Waals surface area contributed by atoms with Crippen molar-refractivity contribution in [3.8, 4) is 22.3 Å². The summed E-state index contributed by atoms with van der Waals surface area (Å²) < 4.78 is 4.15. The normalized spacial score (nSPS) is 16.4. The first-order valence-electron chi connectivity index (χ1n) is 11.9. The highest BCUT2D eigenvalue weighted by atomic mass is 79.9. The van der Waals surface area contributed by atoms with Crippen molar-refractivity contribution in [3.05, 3.63) is 129 Å². The zero-order valence-electron chi connectivity index (χ0n) is 19.5. The van der Waals surface area contributed by atoms with E-state index in [1.807, 2.05) is 30.3 Å². The molecule has 1 aromatic heterocycles. The Kier molecular flexibility index (Phi) is 4.84. The van der Waals surface area contributed by atoms with E-state index in [2.05, 4.69) is 116 Å². The summed E-state index contributed by atoms with van der Waals surface area (Å²) in [6, 6.07) is 35.4. The van der Waals surface area contributed by atoms with E-state index in [0.29, 0.717) is 0 Å². The Hall–Kier alpha value is -3.18. The molecule has 1 heterocycles. The first kappa shape index (κ1) is 22.1. The second kappa shape index (κ2) is 7.91. The van der Waals surface area contributed by atoms with Gasteiger partial charge in [0.25, 0.3) is 0 Å². The van der Waals surface area contributed by atoms with Gasteiger partial charge in [0.05, 0.1) is 5.52 Å². The second-order valence-electron chi connectivity index (χ2n) is 9.39. The van der Waals surface area contributed by atoms with E-state index in [9.17, 15) is 5.11 Å². The van der Waals surface area contributed by atoms with Crippen molar-refractivity contribution in [1.82, 2.24) is 4.57 Å². The van der Waals surface area contributed by atoms with Crippen LogP contribution in [0.3, 0.4) is 0 Å². The third kappa shape index (κ3) is 2.86. The predicted molar refractivity (Wildman–Crippen MR) is 155 cm³/mol. The monoisotopic (exact) mass is 593 g/mol. The van der Waals surface area contributed by atoms with Gasteiger partial charge in [-0.25, -0.2) is 0 Å². The molecule has 2 nitrogen and oxygen atoms in total. The lowest BCUT2D eigenvalue weighted by Crippen LogP contribution is -2.27. The van der Waals surface area contributed by atoms with Crippen molar-refractivity contribution >= 4 is 53.7 Å². The molecule has 1 unspecified atom stereocenters.